The number of nitrogens with one attached hydrogen (secondary N) is 2. The Morgan fingerprint density at radius 1 is 1.39 bits per heavy atom. The topological polar surface area (TPSA) is 94.2 Å². The van der Waals surface area contributed by atoms with Crippen LogP contribution in [0.4, 0.5) is 15.3 Å². The first-order valence-corrected chi connectivity index (χ1v) is 9.26. The molecular formula is C19H27N5O4. The first kappa shape index (κ1) is 19.9. The summed E-state index contributed by atoms with van der Waals surface area (Å²) in [6.07, 6.45) is -0.459. The average molecular weight is 389 g/mol. The zero-order chi connectivity index (χ0) is 20.5. The van der Waals surface area contributed by atoms with Gasteiger partial charge in [0.05, 0.1) is 12.2 Å². The molecule has 0 aromatic heterocycles. The standard InChI is InChI=1S/C19H27N5O4/c1-13-16(25)23(9-8-22(3)4)12-24(13)17(26)20-15-7-5-6-14(10-15)19(2)11-28-18(27)21-19/h5-7,10,13H,8-9,11-12H2,1-4H3,(H,20,26)(H,21,27). The maximum Gasteiger partial charge on any atom is 0.408 e. The number of carbonyl (C=O) groups excluding carboxylic acids is 3. The summed E-state index contributed by atoms with van der Waals surface area (Å²) in [5.41, 5.74) is 0.781. The van der Waals surface area contributed by atoms with Crippen molar-refractivity contribution >= 4 is 23.7 Å². The second-order valence-electron chi connectivity index (χ2n) is 7.74. The molecule has 0 bridgehead atoms. The van der Waals surface area contributed by atoms with Crippen molar-refractivity contribution in [1.82, 2.24) is 20.0 Å². The molecule has 0 radical (unpaired) electrons. The van der Waals surface area contributed by atoms with Gasteiger partial charge in [-0.05, 0) is 45.6 Å². The van der Waals surface area contributed by atoms with Crippen LogP contribution in [0.2, 0.25) is 0 Å². The van der Waals surface area contributed by atoms with Gasteiger partial charge in [-0.2, -0.15) is 0 Å². The molecule has 9 nitrogen and oxygen atoms in total. The molecule has 2 N–H and O–H groups in total. The third kappa shape index (κ3) is 4.04. The lowest BCUT2D eigenvalue weighted by Crippen LogP contribution is -2.39. The number of carbonyl (C=O) groups is 3. The van der Waals surface area contributed by atoms with Crippen molar-refractivity contribution in [1.29, 1.82) is 0 Å². The number of hydrogen-bond acceptors (Lipinski definition) is 5. The van der Waals surface area contributed by atoms with Gasteiger partial charge in [0.1, 0.15) is 12.6 Å². The number of cyclic esters (lactones) is 1. The Morgan fingerprint density at radius 2 is 2.14 bits per heavy atom. The van der Waals surface area contributed by atoms with Crippen molar-refractivity contribution < 1.29 is 19.1 Å². The van der Waals surface area contributed by atoms with Crippen LogP contribution >= 0.6 is 0 Å². The average Bonchev–Trinajstić information content (AvgIpc) is 3.14. The number of alkyl carbamates (subject to hydrolysis) is 1. The Morgan fingerprint density at radius 3 is 2.79 bits per heavy atom. The second-order valence-corrected chi connectivity index (χ2v) is 7.74. The number of likely N-dealkylation sites (N-methyl/N-ethyl adjacent to an activating group) is 1. The van der Waals surface area contributed by atoms with Crippen LogP contribution in [0, 0.1) is 0 Å². The van der Waals surface area contributed by atoms with Gasteiger partial charge in [-0.25, -0.2) is 9.59 Å². The van der Waals surface area contributed by atoms with Gasteiger partial charge in [0.25, 0.3) is 0 Å². The van der Waals surface area contributed by atoms with Crippen molar-refractivity contribution in [3.8, 4) is 0 Å². The van der Waals surface area contributed by atoms with Crippen molar-refractivity contribution in [2.75, 3.05) is 45.8 Å². The van der Waals surface area contributed by atoms with Gasteiger partial charge in [0, 0.05) is 18.8 Å². The van der Waals surface area contributed by atoms with Crippen molar-refractivity contribution in [2.24, 2.45) is 0 Å². The molecule has 2 aliphatic rings. The van der Waals surface area contributed by atoms with E-state index in [9.17, 15) is 14.4 Å². The third-order valence-corrected chi connectivity index (χ3v) is 5.16. The Labute approximate surface area is 164 Å². The van der Waals surface area contributed by atoms with Crippen LogP contribution in [0.15, 0.2) is 24.3 Å². The molecule has 1 aromatic carbocycles. The molecule has 0 saturated carbocycles. The normalized spacial score (nSPS) is 24.5. The molecule has 28 heavy (non-hydrogen) atoms. The fourth-order valence-corrected chi connectivity index (χ4v) is 3.31. The van der Waals surface area contributed by atoms with Gasteiger partial charge < -0.3 is 25.2 Å². The first-order valence-electron chi connectivity index (χ1n) is 9.26. The highest BCUT2D eigenvalue weighted by atomic mass is 16.6. The number of hydrogen-bond donors (Lipinski definition) is 2. The number of anilines is 1. The van der Waals surface area contributed by atoms with E-state index >= 15 is 0 Å². The van der Waals surface area contributed by atoms with E-state index < -0.39 is 17.7 Å². The van der Waals surface area contributed by atoms with Crippen molar-refractivity contribution in [3.05, 3.63) is 29.8 Å². The lowest BCUT2D eigenvalue weighted by Gasteiger charge is -2.23. The molecule has 3 rings (SSSR count). The maximum absolute atomic E-state index is 12.7. The van der Waals surface area contributed by atoms with Crippen molar-refractivity contribution in [3.63, 3.8) is 0 Å². The molecule has 9 heteroatoms. The van der Waals surface area contributed by atoms with E-state index in [1.54, 1.807) is 24.0 Å². The number of rotatable bonds is 5. The van der Waals surface area contributed by atoms with Crippen LogP contribution in [0.1, 0.15) is 19.4 Å². The van der Waals surface area contributed by atoms with Crippen LogP contribution in [0.5, 0.6) is 0 Å². The zero-order valence-electron chi connectivity index (χ0n) is 16.7. The largest absolute Gasteiger partial charge is 0.447 e. The van der Waals surface area contributed by atoms with Gasteiger partial charge in [-0.3, -0.25) is 9.69 Å². The molecule has 4 amide bonds. The molecule has 2 aliphatic heterocycles. The van der Waals surface area contributed by atoms with Gasteiger partial charge in [-0.15, -0.1) is 0 Å². The van der Waals surface area contributed by atoms with Crippen LogP contribution < -0.4 is 10.6 Å². The summed E-state index contributed by atoms with van der Waals surface area (Å²) in [6, 6.07) is 6.42. The minimum atomic E-state index is -0.641. The number of ether oxygens (including phenoxy) is 1. The predicted octanol–water partition coefficient (Wildman–Crippen LogP) is 1.23. The summed E-state index contributed by atoms with van der Waals surface area (Å²) >= 11 is 0. The Hall–Kier alpha value is -2.81. The van der Waals surface area contributed by atoms with E-state index in [-0.39, 0.29) is 25.2 Å². The molecule has 2 fully saturated rings. The van der Waals surface area contributed by atoms with Gasteiger partial charge in [-0.1, -0.05) is 12.1 Å². The third-order valence-electron chi connectivity index (χ3n) is 5.16. The van der Waals surface area contributed by atoms with Gasteiger partial charge in [0.2, 0.25) is 5.91 Å². The zero-order valence-corrected chi connectivity index (χ0v) is 16.7. The van der Waals surface area contributed by atoms with Crippen LogP contribution in [-0.2, 0) is 15.1 Å². The number of amides is 4. The lowest BCUT2D eigenvalue weighted by atomic mass is 9.93. The molecule has 2 atom stereocenters. The lowest BCUT2D eigenvalue weighted by molar-refractivity contribution is -0.128. The van der Waals surface area contributed by atoms with Crippen LogP contribution in [0.3, 0.4) is 0 Å². The number of urea groups is 1. The monoisotopic (exact) mass is 389 g/mol. The fraction of sp³-hybridized carbons (Fsp3) is 0.526. The molecule has 152 valence electrons. The van der Waals surface area contributed by atoms with E-state index in [2.05, 4.69) is 10.6 Å². The highest BCUT2D eigenvalue weighted by molar-refractivity contribution is 5.95. The number of nitrogens with zero attached hydrogens (tertiary/aromatic N) is 3. The quantitative estimate of drug-likeness (QED) is 0.790. The van der Waals surface area contributed by atoms with E-state index in [0.29, 0.717) is 12.2 Å². The molecule has 2 saturated heterocycles. The SMILES string of the molecule is CC1C(=O)N(CCN(C)C)CN1C(=O)Nc1cccc(C2(C)COC(=O)N2)c1. The Balaban J connectivity index is 1.67. The minimum Gasteiger partial charge on any atom is -0.447 e. The summed E-state index contributed by atoms with van der Waals surface area (Å²) in [6.45, 7) is 5.40. The molecule has 1 aromatic rings. The molecule has 2 heterocycles. The molecular weight excluding hydrogens is 362 g/mol. The van der Waals surface area contributed by atoms with E-state index in [0.717, 1.165) is 12.1 Å². The highest BCUT2D eigenvalue weighted by Gasteiger charge is 2.39. The first-order chi connectivity index (χ1) is 13.2. The van der Waals surface area contributed by atoms with E-state index in [1.807, 2.05) is 38.1 Å². The molecule has 0 aliphatic carbocycles. The molecule has 0 spiro atoms. The smallest absolute Gasteiger partial charge is 0.408 e. The summed E-state index contributed by atoms with van der Waals surface area (Å²) in [7, 11) is 3.89. The van der Waals surface area contributed by atoms with E-state index in [4.69, 9.17) is 4.74 Å². The fourth-order valence-electron chi connectivity index (χ4n) is 3.31. The van der Waals surface area contributed by atoms with Crippen molar-refractivity contribution in [2.45, 2.75) is 25.4 Å². The van der Waals surface area contributed by atoms with Gasteiger partial charge >= 0.3 is 12.1 Å². The molecule has 2 unspecified atom stereocenters. The summed E-state index contributed by atoms with van der Waals surface area (Å²) < 4.78 is 5.01. The number of benzene rings is 1. The second kappa shape index (κ2) is 7.67. The summed E-state index contributed by atoms with van der Waals surface area (Å²) in [5, 5.41) is 5.64. The summed E-state index contributed by atoms with van der Waals surface area (Å²) in [4.78, 5) is 41.8. The maximum atomic E-state index is 12.7. The minimum absolute atomic E-state index is 0.0518. The van der Waals surface area contributed by atoms with Gasteiger partial charge in [0.15, 0.2) is 0 Å². The highest BCUT2D eigenvalue weighted by Crippen LogP contribution is 2.28. The Bertz CT molecular complexity index is 783. The summed E-state index contributed by atoms with van der Waals surface area (Å²) in [5.74, 6) is -0.0518. The Kier molecular flexibility index (Phi) is 5.46. The van der Waals surface area contributed by atoms with Crippen LogP contribution in [-0.4, -0.2) is 79.2 Å². The predicted molar refractivity (Wildman–Crippen MR) is 104 cm³/mol. The van der Waals surface area contributed by atoms with Crippen LogP contribution in [0.25, 0.3) is 0 Å². The van der Waals surface area contributed by atoms with E-state index in [1.165, 1.54) is 4.90 Å².